The molecule has 0 amide bonds. The number of benzene rings is 2. The molecule has 0 aliphatic rings. The first-order valence-corrected chi connectivity index (χ1v) is 6.15. The summed E-state index contributed by atoms with van der Waals surface area (Å²) in [5, 5.41) is 9.66. The van der Waals surface area contributed by atoms with Gasteiger partial charge >= 0.3 is 0 Å². The number of aromatic hydroxyl groups is 1. The molecule has 0 spiro atoms. The third kappa shape index (κ3) is 2.36. The van der Waals surface area contributed by atoms with E-state index in [-0.39, 0.29) is 5.75 Å². The van der Waals surface area contributed by atoms with Gasteiger partial charge in [-0.15, -0.1) is 0 Å². The first-order chi connectivity index (χ1) is 9.76. The number of hydrogen-bond donors (Lipinski definition) is 1. The minimum Gasteiger partial charge on any atom is -0.508 e. The summed E-state index contributed by atoms with van der Waals surface area (Å²) in [5.74, 6) is 1.11. The molecule has 0 atom stereocenters. The van der Waals surface area contributed by atoms with Gasteiger partial charge in [-0.3, -0.25) is 0 Å². The van der Waals surface area contributed by atoms with Crippen molar-refractivity contribution in [3.05, 3.63) is 54.8 Å². The number of oxazole rings is 1. The molecule has 0 radical (unpaired) electrons. The fraction of sp³-hybridized carbons (Fsp3) is 0.0625. The highest BCUT2D eigenvalue weighted by atomic mass is 16.5. The SMILES string of the molecule is COc1cc(O)cc(-c2nc(-c3ccccc3)co2)c1. The third-order valence-corrected chi connectivity index (χ3v) is 2.95. The lowest BCUT2D eigenvalue weighted by Crippen LogP contribution is -1.85. The smallest absolute Gasteiger partial charge is 0.226 e. The lowest BCUT2D eigenvalue weighted by atomic mass is 10.2. The molecule has 0 aliphatic heterocycles. The van der Waals surface area contributed by atoms with Gasteiger partial charge in [-0.25, -0.2) is 4.98 Å². The summed E-state index contributed by atoms with van der Waals surface area (Å²) in [4.78, 5) is 4.43. The average molecular weight is 267 g/mol. The maximum Gasteiger partial charge on any atom is 0.226 e. The number of methoxy groups -OCH3 is 1. The van der Waals surface area contributed by atoms with Gasteiger partial charge in [-0.2, -0.15) is 0 Å². The molecule has 0 fully saturated rings. The topological polar surface area (TPSA) is 55.5 Å². The van der Waals surface area contributed by atoms with Crippen molar-refractivity contribution in [3.8, 4) is 34.2 Å². The maximum absolute atomic E-state index is 9.66. The molecule has 1 heterocycles. The molecule has 100 valence electrons. The normalized spacial score (nSPS) is 10.4. The van der Waals surface area contributed by atoms with Gasteiger partial charge in [0, 0.05) is 17.2 Å². The molecule has 0 saturated heterocycles. The van der Waals surface area contributed by atoms with Crippen molar-refractivity contribution >= 4 is 0 Å². The summed E-state index contributed by atoms with van der Waals surface area (Å²) < 4.78 is 10.6. The minimum absolute atomic E-state index is 0.110. The average Bonchev–Trinajstić information content (AvgIpc) is 2.97. The first kappa shape index (κ1) is 12.3. The Morgan fingerprint density at radius 2 is 1.85 bits per heavy atom. The summed E-state index contributed by atoms with van der Waals surface area (Å²) in [7, 11) is 1.55. The van der Waals surface area contributed by atoms with Crippen LogP contribution in [0.3, 0.4) is 0 Å². The highest BCUT2D eigenvalue weighted by Gasteiger charge is 2.10. The van der Waals surface area contributed by atoms with E-state index in [4.69, 9.17) is 9.15 Å². The second-order valence-corrected chi connectivity index (χ2v) is 4.32. The van der Waals surface area contributed by atoms with Crippen LogP contribution in [0.4, 0.5) is 0 Å². The van der Waals surface area contributed by atoms with Crippen LogP contribution in [0.1, 0.15) is 0 Å². The highest BCUT2D eigenvalue weighted by Crippen LogP contribution is 2.30. The van der Waals surface area contributed by atoms with Crippen molar-refractivity contribution in [3.63, 3.8) is 0 Å². The Labute approximate surface area is 116 Å². The standard InChI is InChI=1S/C16H13NO3/c1-19-14-8-12(7-13(18)9-14)16-17-15(10-20-16)11-5-3-2-4-6-11/h2-10,18H,1H3. The number of nitrogens with zero attached hydrogens (tertiary/aromatic N) is 1. The number of aromatic nitrogens is 1. The zero-order valence-electron chi connectivity index (χ0n) is 10.9. The van der Waals surface area contributed by atoms with Crippen LogP contribution >= 0.6 is 0 Å². The Bertz CT molecular complexity index is 720. The molecule has 3 aromatic rings. The Balaban J connectivity index is 2.00. The molecule has 1 N–H and O–H groups in total. The van der Waals surface area contributed by atoms with Crippen LogP contribution in [0.15, 0.2) is 59.2 Å². The molecule has 0 saturated carbocycles. The minimum atomic E-state index is 0.110. The second kappa shape index (κ2) is 5.09. The van der Waals surface area contributed by atoms with Crippen LogP contribution in [0.25, 0.3) is 22.7 Å². The van der Waals surface area contributed by atoms with E-state index in [2.05, 4.69) is 4.98 Å². The van der Waals surface area contributed by atoms with E-state index >= 15 is 0 Å². The van der Waals surface area contributed by atoms with Crippen LogP contribution in [-0.4, -0.2) is 17.2 Å². The maximum atomic E-state index is 9.66. The number of phenols is 1. The van der Waals surface area contributed by atoms with E-state index < -0.39 is 0 Å². The van der Waals surface area contributed by atoms with Gasteiger partial charge in [-0.1, -0.05) is 30.3 Å². The molecule has 3 rings (SSSR count). The van der Waals surface area contributed by atoms with Crippen LogP contribution in [0.2, 0.25) is 0 Å². The Morgan fingerprint density at radius 1 is 1.05 bits per heavy atom. The number of rotatable bonds is 3. The van der Waals surface area contributed by atoms with Gasteiger partial charge in [0.15, 0.2) is 0 Å². The highest BCUT2D eigenvalue weighted by molar-refractivity contribution is 5.64. The second-order valence-electron chi connectivity index (χ2n) is 4.32. The van der Waals surface area contributed by atoms with E-state index in [9.17, 15) is 5.11 Å². The fourth-order valence-corrected chi connectivity index (χ4v) is 1.97. The number of ether oxygens (including phenoxy) is 1. The zero-order chi connectivity index (χ0) is 13.9. The molecule has 0 unspecified atom stereocenters. The van der Waals surface area contributed by atoms with E-state index in [0.29, 0.717) is 17.2 Å². The van der Waals surface area contributed by atoms with E-state index in [0.717, 1.165) is 11.3 Å². The van der Waals surface area contributed by atoms with E-state index in [1.165, 1.54) is 6.07 Å². The molecule has 4 heteroatoms. The van der Waals surface area contributed by atoms with Crippen molar-refractivity contribution in [1.29, 1.82) is 0 Å². The monoisotopic (exact) mass is 267 g/mol. The molecular weight excluding hydrogens is 254 g/mol. The summed E-state index contributed by atoms with van der Waals surface area (Å²) in [6.45, 7) is 0. The lowest BCUT2D eigenvalue weighted by molar-refractivity contribution is 0.407. The van der Waals surface area contributed by atoms with E-state index in [1.54, 1.807) is 25.5 Å². The number of phenolic OH excluding ortho intramolecular Hbond substituents is 1. The summed E-state index contributed by atoms with van der Waals surface area (Å²) in [5.41, 5.74) is 2.40. The van der Waals surface area contributed by atoms with Crippen LogP contribution < -0.4 is 4.74 Å². The van der Waals surface area contributed by atoms with Crippen molar-refractivity contribution in [2.75, 3.05) is 7.11 Å². The van der Waals surface area contributed by atoms with Gasteiger partial charge in [0.25, 0.3) is 0 Å². The Morgan fingerprint density at radius 3 is 2.60 bits per heavy atom. The molecule has 1 aromatic heterocycles. The van der Waals surface area contributed by atoms with Crippen molar-refractivity contribution in [2.45, 2.75) is 0 Å². The van der Waals surface area contributed by atoms with Gasteiger partial charge in [0.1, 0.15) is 23.5 Å². The molecule has 0 bridgehead atoms. The predicted molar refractivity (Wildman–Crippen MR) is 75.6 cm³/mol. The first-order valence-electron chi connectivity index (χ1n) is 6.15. The van der Waals surface area contributed by atoms with Crippen molar-refractivity contribution in [1.82, 2.24) is 4.98 Å². The quantitative estimate of drug-likeness (QED) is 0.785. The molecule has 4 nitrogen and oxygen atoms in total. The lowest BCUT2D eigenvalue weighted by Gasteiger charge is -2.02. The third-order valence-electron chi connectivity index (χ3n) is 2.95. The molecule has 2 aromatic carbocycles. The Hall–Kier alpha value is -2.75. The summed E-state index contributed by atoms with van der Waals surface area (Å²) in [6.07, 6.45) is 1.60. The van der Waals surface area contributed by atoms with Crippen LogP contribution in [0, 0.1) is 0 Å². The van der Waals surface area contributed by atoms with Gasteiger partial charge in [0.05, 0.1) is 7.11 Å². The van der Waals surface area contributed by atoms with Gasteiger partial charge in [-0.05, 0) is 12.1 Å². The van der Waals surface area contributed by atoms with Gasteiger partial charge in [0.2, 0.25) is 5.89 Å². The van der Waals surface area contributed by atoms with E-state index in [1.807, 2.05) is 30.3 Å². The van der Waals surface area contributed by atoms with Crippen molar-refractivity contribution in [2.24, 2.45) is 0 Å². The molecular formula is C16H13NO3. The van der Waals surface area contributed by atoms with Crippen LogP contribution in [-0.2, 0) is 0 Å². The van der Waals surface area contributed by atoms with Crippen LogP contribution in [0.5, 0.6) is 11.5 Å². The molecule has 0 aliphatic carbocycles. The fourth-order valence-electron chi connectivity index (χ4n) is 1.97. The summed E-state index contributed by atoms with van der Waals surface area (Å²) >= 11 is 0. The Kier molecular flexibility index (Phi) is 3.13. The largest absolute Gasteiger partial charge is 0.508 e. The number of hydrogen-bond acceptors (Lipinski definition) is 4. The zero-order valence-corrected chi connectivity index (χ0v) is 10.9. The molecule has 20 heavy (non-hydrogen) atoms. The summed E-state index contributed by atoms with van der Waals surface area (Å²) in [6, 6.07) is 14.6. The van der Waals surface area contributed by atoms with Gasteiger partial charge < -0.3 is 14.3 Å². The predicted octanol–water partition coefficient (Wildman–Crippen LogP) is 3.72. The van der Waals surface area contributed by atoms with Crippen molar-refractivity contribution < 1.29 is 14.3 Å².